The Morgan fingerprint density at radius 3 is 2.74 bits per heavy atom. The molecule has 23 heavy (non-hydrogen) atoms. The zero-order chi connectivity index (χ0) is 15.9. The second-order valence-electron chi connectivity index (χ2n) is 5.89. The summed E-state index contributed by atoms with van der Waals surface area (Å²) in [7, 11) is 0. The topological polar surface area (TPSA) is 61.0 Å². The fraction of sp³-hybridized carbons (Fsp3) is 0.333. The third-order valence-electron chi connectivity index (χ3n) is 4.12. The van der Waals surface area contributed by atoms with Crippen LogP contribution in [0, 0.1) is 0 Å². The quantitative estimate of drug-likeness (QED) is 0.832. The van der Waals surface area contributed by atoms with Crippen LogP contribution in [0.2, 0.25) is 0 Å². The standard InChI is InChI=1S/C18H22N4O/c23-18(7-6-17-8-11-19-21-17)20-16-9-12-22(13-10-16)14-15-4-2-1-3-5-15/h1-8,11,16H,9-10,12-14H2,(H,19,21)(H,20,23)/b7-6+. The fourth-order valence-electron chi connectivity index (χ4n) is 2.85. The highest BCUT2D eigenvalue weighted by Crippen LogP contribution is 2.13. The number of benzene rings is 1. The molecule has 5 nitrogen and oxygen atoms in total. The molecular weight excluding hydrogens is 288 g/mol. The molecule has 0 saturated carbocycles. The molecule has 2 heterocycles. The third-order valence-corrected chi connectivity index (χ3v) is 4.12. The molecule has 2 aromatic rings. The number of amides is 1. The summed E-state index contributed by atoms with van der Waals surface area (Å²) in [6.45, 7) is 3.02. The lowest BCUT2D eigenvalue weighted by atomic mass is 10.0. The highest BCUT2D eigenvalue weighted by atomic mass is 16.1. The number of rotatable bonds is 5. The predicted molar refractivity (Wildman–Crippen MR) is 90.5 cm³/mol. The maximum absolute atomic E-state index is 11.9. The molecule has 1 aromatic heterocycles. The highest BCUT2D eigenvalue weighted by Gasteiger charge is 2.19. The monoisotopic (exact) mass is 310 g/mol. The van der Waals surface area contributed by atoms with Gasteiger partial charge in [-0.1, -0.05) is 30.3 Å². The van der Waals surface area contributed by atoms with Crippen molar-refractivity contribution in [3.05, 3.63) is 59.9 Å². The van der Waals surface area contributed by atoms with E-state index in [4.69, 9.17) is 0 Å². The van der Waals surface area contributed by atoms with Gasteiger partial charge in [-0.05, 0) is 30.5 Å². The van der Waals surface area contributed by atoms with Crippen LogP contribution in [0.25, 0.3) is 6.08 Å². The lowest BCUT2D eigenvalue weighted by molar-refractivity contribution is -0.117. The molecule has 2 N–H and O–H groups in total. The molecule has 1 saturated heterocycles. The Bertz CT molecular complexity index is 628. The molecule has 1 amide bonds. The van der Waals surface area contributed by atoms with Gasteiger partial charge in [-0.15, -0.1) is 0 Å². The van der Waals surface area contributed by atoms with Crippen molar-refractivity contribution in [1.29, 1.82) is 0 Å². The van der Waals surface area contributed by atoms with Gasteiger partial charge in [0, 0.05) is 37.9 Å². The van der Waals surface area contributed by atoms with E-state index in [1.54, 1.807) is 18.3 Å². The predicted octanol–water partition coefficient (Wildman–Crippen LogP) is 2.20. The number of piperidine rings is 1. The zero-order valence-corrected chi connectivity index (χ0v) is 13.1. The number of H-pyrrole nitrogens is 1. The second kappa shape index (κ2) is 7.74. The van der Waals surface area contributed by atoms with E-state index in [2.05, 4.69) is 44.7 Å². The number of carbonyl (C=O) groups excluding carboxylic acids is 1. The van der Waals surface area contributed by atoms with Gasteiger partial charge in [0.1, 0.15) is 0 Å². The molecular formula is C18H22N4O. The molecule has 120 valence electrons. The lowest BCUT2D eigenvalue weighted by Gasteiger charge is -2.32. The maximum atomic E-state index is 11.9. The Balaban J connectivity index is 1.41. The van der Waals surface area contributed by atoms with E-state index in [-0.39, 0.29) is 11.9 Å². The van der Waals surface area contributed by atoms with Gasteiger partial charge in [0.15, 0.2) is 0 Å². The molecule has 0 spiro atoms. The van der Waals surface area contributed by atoms with E-state index in [0.717, 1.165) is 38.2 Å². The number of likely N-dealkylation sites (tertiary alicyclic amines) is 1. The minimum Gasteiger partial charge on any atom is -0.350 e. The second-order valence-corrected chi connectivity index (χ2v) is 5.89. The minimum absolute atomic E-state index is 0.0406. The average Bonchev–Trinajstić information content (AvgIpc) is 3.09. The maximum Gasteiger partial charge on any atom is 0.244 e. The van der Waals surface area contributed by atoms with Crippen LogP contribution in [0.5, 0.6) is 0 Å². The number of nitrogens with zero attached hydrogens (tertiary/aromatic N) is 2. The van der Waals surface area contributed by atoms with Gasteiger partial charge in [-0.3, -0.25) is 14.8 Å². The van der Waals surface area contributed by atoms with Crippen LogP contribution in [-0.2, 0) is 11.3 Å². The van der Waals surface area contributed by atoms with Crippen LogP contribution >= 0.6 is 0 Å². The molecule has 5 heteroatoms. The van der Waals surface area contributed by atoms with Gasteiger partial charge in [-0.2, -0.15) is 5.10 Å². The summed E-state index contributed by atoms with van der Waals surface area (Å²) in [5.41, 5.74) is 2.18. The Kier molecular flexibility index (Phi) is 5.21. The summed E-state index contributed by atoms with van der Waals surface area (Å²) in [5, 5.41) is 9.73. The van der Waals surface area contributed by atoms with Gasteiger partial charge in [-0.25, -0.2) is 0 Å². The SMILES string of the molecule is O=C(/C=C/c1ccn[nH]1)NC1CCN(Cc2ccccc2)CC1. The summed E-state index contributed by atoms with van der Waals surface area (Å²) in [6.07, 6.45) is 6.96. The van der Waals surface area contributed by atoms with Gasteiger partial charge < -0.3 is 5.32 Å². The zero-order valence-electron chi connectivity index (χ0n) is 13.1. The third kappa shape index (κ3) is 4.79. The molecule has 1 aliphatic heterocycles. The molecule has 1 aliphatic rings. The van der Waals surface area contributed by atoms with Crippen molar-refractivity contribution in [2.75, 3.05) is 13.1 Å². The first-order valence-electron chi connectivity index (χ1n) is 8.04. The van der Waals surface area contributed by atoms with Crippen molar-refractivity contribution in [2.24, 2.45) is 0 Å². The Morgan fingerprint density at radius 1 is 1.26 bits per heavy atom. The number of aromatic amines is 1. The van der Waals surface area contributed by atoms with Crippen molar-refractivity contribution in [3.63, 3.8) is 0 Å². The summed E-state index contributed by atoms with van der Waals surface area (Å²) < 4.78 is 0. The first-order chi connectivity index (χ1) is 11.3. The van der Waals surface area contributed by atoms with Crippen molar-refractivity contribution in [3.8, 4) is 0 Å². The highest BCUT2D eigenvalue weighted by molar-refractivity contribution is 5.91. The van der Waals surface area contributed by atoms with Crippen molar-refractivity contribution in [1.82, 2.24) is 20.4 Å². The fourth-order valence-corrected chi connectivity index (χ4v) is 2.85. The first kappa shape index (κ1) is 15.5. The summed E-state index contributed by atoms with van der Waals surface area (Å²) >= 11 is 0. The van der Waals surface area contributed by atoms with E-state index < -0.39 is 0 Å². The minimum atomic E-state index is -0.0406. The number of hydrogen-bond acceptors (Lipinski definition) is 3. The van der Waals surface area contributed by atoms with Crippen molar-refractivity contribution < 1.29 is 4.79 Å². The normalized spacial score (nSPS) is 16.7. The van der Waals surface area contributed by atoms with Crippen LogP contribution in [0.3, 0.4) is 0 Å². The van der Waals surface area contributed by atoms with E-state index in [0.29, 0.717) is 0 Å². The van der Waals surface area contributed by atoms with E-state index in [1.165, 1.54) is 5.56 Å². The Labute approximate surface area is 136 Å². The molecule has 3 rings (SSSR count). The average molecular weight is 310 g/mol. The lowest BCUT2D eigenvalue weighted by Crippen LogP contribution is -2.43. The molecule has 1 aromatic carbocycles. The van der Waals surface area contributed by atoms with Crippen LogP contribution in [-0.4, -0.2) is 40.1 Å². The summed E-state index contributed by atoms with van der Waals surface area (Å²) in [6, 6.07) is 12.6. The van der Waals surface area contributed by atoms with Crippen LogP contribution in [0.1, 0.15) is 24.1 Å². The summed E-state index contributed by atoms with van der Waals surface area (Å²) in [4.78, 5) is 14.4. The Hall–Kier alpha value is -2.40. The summed E-state index contributed by atoms with van der Waals surface area (Å²) in [5.74, 6) is -0.0406. The molecule has 0 bridgehead atoms. The van der Waals surface area contributed by atoms with Crippen molar-refractivity contribution in [2.45, 2.75) is 25.4 Å². The van der Waals surface area contributed by atoms with Crippen LogP contribution in [0.15, 0.2) is 48.7 Å². The number of aromatic nitrogens is 2. The van der Waals surface area contributed by atoms with Gasteiger partial charge >= 0.3 is 0 Å². The molecule has 0 atom stereocenters. The van der Waals surface area contributed by atoms with Crippen LogP contribution < -0.4 is 5.32 Å². The Morgan fingerprint density at radius 2 is 2.04 bits per heavy atom. The van der Waals surface area contributed by atoms with Crippen LogP contribution in [0.4, 0.5) is 0 Å². The molecule has 0 unspecified atom stereocenters. The molecule has 0 radical (unpaired) electrons. The largest absolute Gasteiger partial charge is 0.350 e. The smallest absolute Gasteiger partial charge is 0.244 e. The van der Waals surface area contributed by atoms with Gasteiger partial charge in [0.05, 0.1) is 5.69 Å². The number of hydrogen-bond donors (Lipinski definition) is 2. The van der Waals surface area contributed by atoms with E-state index in [1.807, 2.05) is 12.1 Å². The van der Waals surface area contributed by atoms with Gasteiger partial charge in [0.25, 0.3) is 0 Å². The van der Waals surface area contributed by atoms with E-state index >= 15 is 0 Å². The number of carbonyl (C=O) groups is 1. The van der Waals surface area contributed by atoms with E-state index in [9.17, 15) is 4.79 Å². The van der Waals surface area contributed by atoms with Gasteiger partial charge in [0.2, 0.25) is 5.91 Å². The first-order valence-corrected chi connectivity index (χ1v) is 8.04. The molecule has 1 fully saturated rings. The number of nitrogens with one attached hydrogen (secondary N) is 2. The van der Waals surface area contributed by atoms with Crippen molar-refractivity contribution >= 4 is 12.0 Å². The molecule has 0 aliphatic carbocycles.